The zero-order valence-corrected chi connectivity index (χ0v) is 15.4. The number of benzene rings is 2. The van der Waals surface area contributed by atoms with Gasteiger partial charge in [-0.15, -0.1) is 0 Å². The summed E-state index contributed by atoms with van der Waals surface area (Å²) in [6.07, 6.45) is 0.215. The summed E-state index contributed by atoms with van der Waals surface area (Å²) in [5.74, 6) is -0.700. The standard InChI is InChI=1S/C21H23N3O3/c1-14(16-6-4-3-5-7-16)24-13-17(12-20(24)26)21(27)23-19-10-8-18(9-11-19)22-15(2)25/h3-11,14,17H,12-13H2,1-2H3,(H,22,25)(H,23,27)/t14-,17-/m0/s1. The van der Waals surface area contributed by atoms with Crippen LogP contribution < -0.4 is 10.6 Å². The van der Waals surface area contributed by atoms with E-state index in [0.29, 0.717) is 17.9 Å². The van der Waals surface area contributed by atoms with Crippen molar-refractivity contribution in [1.29, 1.82) is 0 Å². The lowest BCUT2D eigenvalue weighted by Crippen LogP contribution is -2.30. The minimum Gasteiger partial charge on any atom is -0.335 e. The van der Waals surface area contributed by atoms with Gasteiger partial charge in [-0.25, -0.2) is 0 Å². The highest BCUT2D eigenvalue weighted by Crippen LogP contribution is 2.29. The number of anilines is 2. The van der Waals surface area contributed by atoms with Gasteiger partial charge in [-0.1, -0.05) is 30.3 Å². The van der Waals surface area contributed by atoms with Crippen molar-refractivity contribution < 1.29 is 14.4 Å². The van der Waals surface area contributed by atoms with E-state index in [0.717, 1.165) is 5.56 Å². The highest BCUT2D eigenvalue weighted by Gasteiger charge is 2.36. The van der Waals surface area contributed by atoms with Crippen molar-refractivity contribution in [2.75, 3.05) is 17.2 Å². The van der Waals surface area contributed by atoms with Gasteiger partial charge in [-0.3, -0.25) is 14.4 Å². The molecule has 6 heteroatoms. The van der Waals surface area contributed by atoms with Crippen LogP contribution in [0.3, 0.4) is 0 Å². The Morgan fingerprint density at radius 3 is 2.19 bits per heavy atom. The van der Waals surface area contributed by atoms with E-state index < -0.39 is 0 Å². The molecule has 0 bridgehead atoms. The number of amides is 3. The molecule has 140 valence electrons. The Bertz CT molecular complexity index is 834. The van der Waals surface area contributed by atoms with Crippen LogP contribution in [-0.4, -0.2) is 29.2 Å². The second-order valence-electron chi connectivity index (χ2n) is 6.78. The predicted octanol–water partition coefficient (Wildman–Crippen LogP) is 3.19. The Hall–Kier alpha value is -3.15. The van der Waals surface area contributed by atoms with Gasteiger partial charge in [0, 0.05) is 31.3 Å². The minimum absolute atomic E-state index is 0.00694. The van der Waals surface area contributed by atoms with Gasteiger partial charge in [0.1, 0.15) is 0 Å². The second-order valence-corrected chi connectivity index (χ2v) is 6.78. The van der Waals surface area contributed by atoms with Crippen molar-refractivity contribution in [3.8, 4) is 0 Å². The fraction of sp³-hybridized carbons (Fsp3) is 0.286. The molecular formula is C21H23N3O3. The molecule has 0 saturated carbocycles. The number of hydrogen-bond acceptors (Lipinski definition) is 3. The topological polar surface area (TPSA) is 78.5 Å². The number of likely N-dealkylation sites (tertiary alicyclic amines) is 1. The molecule has 0 aliphatic carbocycles. The molecule has 0 spiro atoms. The van der Waals surface area contributed by atoms with Gasteiger partial charge in [-0.05, 0) is 36.8 Å². The monoisotopic (exact) mass is 365 g/mol. The summed E-state index contributed by atoms with van der Waals surface area (Å²) in [6, 6.07) is 16.6. The normalized spacial score (nSPS) is 17.5. The summed E-state index contributed by atoms with van der Waals surface area (Å²) in [6.45, 7) is 3.83. The van der Waals surface area contributed by atoms with E-state index >= 15 is 0 Å². The molecule has 1 aliphatic heterocycles. The van der Waals surface area contributed by atoms with E-state index in [1.54, 1.807) is 29.2 Å². The smallest absolute Gasteiger partial charge is 0.229 e. The molecule has 2 aromatic carbocycles. The van der Waals surface area contributed by atoms with E-state index in [1.807, 2.05) is 37.3 Å². The lowest BCUT2D eigenvalue weighted by Gasteiger charge is -2.25. The first-order chi connectivity index (χ1) is 12.9. The van der Waals surface area contributed by atoms with Crippen molar-refractivity contribution >= 4 is 29.1 Å². The van der Waals surface area contributed by atoms with E-state index in [9.17, 15) is 14.4 Å². The van der Waals surface area contributed by atoms with Gasteiger partial charge in [0.05, 0.1) is 12.0 Å². The molecule has 2 aromatic rings. The lowest BCUT2D eigenvalue weighted by atomic mass is 10.1. The summed E-state index contributed by atoms with van der Waals surface area (Å²) >= 11 is 0. The van der Waals surface area contributed by atoms with E-state index in [2.05, 4.69) is 10.6 Å². The third-order valence-electron chi connectivity index (χ3n) is 4.75. The summed E-state index contributed by atoms with van der Waals surface area (Å²) < 4.78 is 0. The molecule has 27 heavy (non-hydrogen) atoms. The molecule has 0 aromatic heterocycles. The zero-order chi connectivity index (χ0) is 19.4. The van der Waals surface area contributed by atoms with Crippen molar-refractivity contribution in [2.45, 2.75) is 26.3 Å². The summed E-state index contributed by atoms with van der Waals surface area (Å²) in [5, 5.41) is 5.53. The van der Waals surface area contributed by atoms with Crippen LogP contribution in [-0.2, 0) is 14.4 Å². The average molecular weight is 365 g/mol. The van der Waals surface area contributed by atoms with Gasteiger partial charge >= 0.3 is 0 Å². The molecular weight excluding hydrogens is 342 g/mol. The minimum atomic E-state index is -0.376. The molecule has 3 amide bonds. The molecule has 3 rings (SSSR count). The van der Waals surface area contributed by atoms with Crippen LogP contribution in [0.4, 0.5) is 11.4 Å². The van der Waals surface area contributed by atoms with Crippen LogP contribution >= 0.6 is 0 Å². The van der Waals surface area contributed by atoms with Crippen LogP contribution in [0.1, 0.15) is 31.9 Å². The zero-order valence-electron chi connectivity index (χ0n) is 15.4. The number of carbonyl (C=O) groups is 3. The lowest BCUT2D eigenvalue weighted by molar-refractivity contribution is -0.129. The fourth-order valence-corrected chi connectivity index (χ4v) is 3.28. The van der Waals surface area contributed by atoms with Gasteiger partial charge in [0.25, 0.3) is 0 Å². The van der Waals surface area contributed by atoms with Crippen molar-refractivity contribution in [1.82, 2.24) is 4.90 Å². The van der Waals surface area contributed by atoms with E-state index in [-0.39, 0.29) is 36.1 Å². The maximum Gasteiger partial charge on any atom is 0.229 e. The van der Waals surface area contributed by atoms with Crippen molar-refractivity contribution in [3.05, 3.63) is 60.2 Å². The molecule has 1 saturated heterocycles. The first kappa shape index (κ1) is 18.6. The second kappa shape index (κ2) is 8.03. The van der Waals surface area contributed by atoms with E-state index in [1.165, 1.54) is 6.92 Å². The molecule has 0 radical (unpaired) electrons. The Morgan fingerprint density at radius 2 is 1.59 bits per heavy atom. The molecule has 2 N–H and O–H groups in total. The van der Waals surface area contributed by atoms with Gasteiger partial charge in [-0.2, -0.15) is 0 Å². The number of hydrogen-bond donors (Lipinski definition) is 2. The van der Waals surface area contributed by atoms with Crippen LogP contribution in [0, 0.1) is 5.92 Å². The Labute approximate surface area is 158 Å². The Kier molecular flexibility index (Phi) is 5.54. The van der Waals surface area contributed by atoms with Crippen molar-refractivity contribution in [2.24, 2.45) is 5.92 Å². The van der Waals surface area contributed by atoms with Crippen LogP contribution in [0.15, 0.2) is 54.6 Å². The predicted molar refractivity (Wildman–Crippen MR) is 104 cm³/mol. The summed E-state index contributed by atoms with van der Waals surface area (Å²) in [7, 11) is 0. The Balaban J connectivity index is 1.61. The molecule has 6 nitrogen and oxygen atoms in total. The largest absolute Gasteiger partial charge is 0.335 e. The van der Waals surface area contributed by atoms with E-state index in [4.69, 9.17) is 0 Å². The molecule has 2 atom stereocenters. The van der Waals surface area contributed by atoms with Crippen LogP contribution in [0.25, 0.3) is 0 Å². The average Bonchev–Trinajstić information content (AvgIpc) is 3.05. The third-order valence-corrected chi connectivity index (χ3v) is 4.75. The molecule has 1 heterocycles. The van der Waals surface area contributed by atoms with Gasteiger partial charge in [0.15, 0.2) is 0 Å². The number of rotatable bonds is 5. The van der Waals surface area contributed by atoms with Crippen LogP contribution in [0.2, 0.25) is 0 Å². The number of carbonyl (C=O) groups excluding carboxylic acids is 3. The highest BCUT2D eigenvalue weighted by molar-refractivity contribution is 5.97. The quantitative estimate of drug-likeness (QED) is 0.854. The molecule has 1 fully saturated rings. The first-order valence-electron chi connectivity index (χ1n) is 8.97. The maximum absolute atomic E-state index is 12.6. The molecule has 1 aliphatic rings. The highest BCUT2D eigenvalue weighted by atomic mass is 16.2. The van der Waals surface area contributed by atoms with Gasteiger partial charge in [0.2, 0.25) is 17.7 Å². The number of nitrogens with one attached hydrogen (secondary N) is 2. The summed E-state index contributed by atoms with van der Waals surface area (Å²) in [4.78, 5) is 37.8. The van der Waals surface area contributed by atoms with Crippen molar-refractivity contribution in [3.63, 3.8) is 0 Å². The first-order valence-corrected chi connectivity index (χ1v) is 8.97. The van der Waals surface area contributed by atoms with Gasteiger partial charge < -0.3 is 15.5 Å². The van der Waals surface area contributed by atoms with Crippen LogP contribution in [0.5, 0.6) is 0 Å². The third kappa shape index (κ3) is 4.53. The number of nitrogens with zero attached hydrogens (tertiary/aromatic N) is 1. The SMILES string of the molecule is CC(=O)Nc1ccc(NC(=O)[C@H]2CC(=O)N([C@@H](C)c3ccccc3)C2)cc1. The molecule has 0 unspecified atom stereocenters. The Morgan fingerprint density at radius 1 is 1.00 bits per heavy atom. The summed E-state index contributed by atoms with van der Waals surface area (Å²) in [5.41, 5.74) is 2.36. The maximum atomic E-state index is 12.6. The fourth-order valence-electron chi connectivity index (χ4n) is 3.28.